The van der Waals surface area contributed by atoms with E-state index in [1.54, 1.807) is 11.6 Å². The van der Waals surface area contributed by atoms with Gasteiger partial charge in [0.15, 0.2) is 11.5 Å². The average Bonchev–Trinajstić information content (AvgIpc) is 3.07. The Morgan fingerprint density at radius 1 is 1.38 bits per heavy atom. The molecule has 5 N–H and O–H groups in total. The third kappa shape index (κ3) is 3.06. The summed E-state index contributed by atoms with van der Waals surface area (Å²) >= 11 is 0. The number of anilines is 1. The van der Waals surface area contributed by atoms with Crippen LogP contribution in [0.4, 0.5) is 5.82 Å². The number of imidazole rings is 1. The summed E-state index contributed by atoms with van der Waals surface area (Å²) in [5.74, 6) is -0.0488. The van der Waals surface area contributed by atoms with Crippen molar-refractivity contribution in [3.8, 4) is 0 Å². The van der Waals surface area contributed by atoms with Crippen LogP contribution in [0.3, 0.4) is 0 Å². The number of nitrogens with one attached hydrogen (secondary N) is 1. The van der Waals surface area contributed by atoms with Crippen molar-refractivity contribution in [1.82, 2.24) is 19.5 Å². The summed E-state index contributed by atoms with van der Waals surface area (Å²) in [4.78, 5) is 12.5. The molecular weight excluding hydrogens is 340 g/mol. The van der Waals surface area contributed by atoms with Crippen LogP contribution >= 0.6 is 0 Å². The van der Waals surface area contributed by atoms with E-state index in [1.165, 1.54) is 12.7 Å². The highest BCUT2D eigenvalue weighted by molar-refractivity contribution is 7.84. The second-order valence-corrected chi connectivity index (χ2v) is 6.84. The summed E-state index contributed by atoms with van der Waals surface area (Å²) in [6.07, 6.45) is 0.877. The third-order valence-corrected chi connectivity index (χ3v) is 4.64. The van der Waals surface area contributed by atoms with Crippen molar-refractivity contribution in [2.45, 2.75) is 24.7 Å². The second-order valence-electron chi connectivity index (χ2n) is 5.62. The fourth-order valence-electron chi connectivity index (χ4n) is 3.00. The van der Waals surface area contributed by atoms with Crippen molar-refractivity contribution in [2.75, 3.05) is 19.0 Å². The minimum absolute atomic E-state index is 0.280. The Kier molecular flexibility index (Phi) is 4.40. The SMILES string of the molecule is CNc1ncnc2c1ncn2[C@H]1C[C@@H](COS(N)(=O)=O)[C@H](O)[C@@H]1O. The zero-order chi connectivity index (χ0) is 17.5. The Morgan fingerprint density at radius 2 is 2.12 bits per heavy atom. The Morgan fingerprint density at radius 3 is 2.79 bits per heavy atom. The second kappa shape index (κ2) is 6.22. The van der Waals surface area contributed by atoms with E-state index in [9.17, 15) is 18.6 Å². The zero-order valence-corrected chi connectivity index (χ0v) is 13.6. The fraction of sp³-hybridized carbons (Fsp3) is 0.583. The molecule has 12 heteroatoms. The maximum atomic E-state index is 10.9. The van der Waals surface area contributed by atoms with Gasteiger partial charge in [0, 0.05) is 13.0 Å². The lowest BCUT2D eigenvalue weighted by Gasteiger charge is -2.18. The molecular formula is C12H18N6O5S. The first-order valence-electron chi connectivity index (χ1n) is 7.20. The molecule has 132 valence electrons. The Labute approximate surface area is 137 Å². The lowest BCUT2D eigenvalue weighted by molar-refractivity contribution is -0.000990. The number of rotatable bonds is 5. The summed E-state index contributed by atoms with van der Waals surface area (Å²) in [6.45, 7) is -0.309. The van der Waals surface area contributed by atoms with Gasteiger partial charge >= 0.3 is 10.3 Å². The van der Waals surface area contributed by atoms with E-state index in [1.807, 2.05) is 0 Å². The van der Waals surface area contributed by atoms with Crippen LogP contribution in [0.5, 0.6) is 0 Å². The van der Waals surface area contributed by atoms with E-state index in [0.717, 1.165) is 0 Å². The molecule has 1 fully saturated rings. The van der Waals surface area contributed by atoms with Crippen LogP contribution in [0, 0.1) is 5.92 Å². The standard InChI is InChI=1S/C12H18N6O5S/c1-14-11-8-12(16-4-15-11)18(5-17-8)7-2-6(9(19)10(7)20)3-23-24(13,21)22/h4-7,9-10,19-20H,2-3H2,1H3,(H2,13,21,22)(H,14,15,16)/t6-,7-,9-,10+/m0/s1. The first kappa shape index (κ1) is 17.0. The number of aliphatic hydroxyl groups is 2. The predicted molar refractivity (Wildman–Crippen MR) is 83.1 cm³/mol. The quantitative estimate of drug-likeness (QED) is 0.491. The van der Waals surface area contributed by atoms with Gasteiger partial charge in [0.05, 0.1) is 25.1 Å². The van der Waals surface area contributed by atoms with Crippen LogP contribution in [-0.2, 0) is 14.5 Å². The van der Waals surface area contributed by atoms with Crippen molar-refractivity contribution >= 4 is 27.3 Å². The fourth-order valence-corrected chi connectivity index (χ4v) is 3.36. The minimum Gasteiger partial charge on any atom is -0.390 e. The molecule has 0 aliphatic heterocycles. The van der Waals surface area contributed by atoms with Gasteiger partial charge in [0.2, 0.25) is 0 Å². The monoisotopic (exact) mass is 358 g/mol. The van der Waals surface area contributed by atoms with Gasteiger partial charge in [0.1, 0.15) is 17.9 Å². The molecule has 24 heavy (non-hydrogen) atoms. The van der Waals surface area contributed by atoms with Crippen molar-refractivity contribution < 1.29 is 22.8 Å². The van der Waals surface area contributed by atoms with Crippen LogP contribution in [0.15, 0.2) is 12.7 Å². The highest BCUT2D eigenvalue weighted by Gasteiger charge is 2.43. The summed E-state index contributed by atoms with van der Waals surface area (Å²) < 4.78 is 28.0. The van der Waals surface area contributed by atoms with Gasteiger partial charge in [-0.25, -0.2) is 20.1 Å². The van der Waals surface area contributed by atoms with Gasteiger partial charge in [0.25, 0.3) is 0 Å². The number of hydrogen-bond acceptors (Lipinski definition) is 9. The molecule has 1 aliphatic carbocycles. The summed E-state index contributed by atoms with van der Waals surface area (Å²) in [7, 11) is -2.40. The lowest BCUT2D eigenvalue weighted by atomic mass is 10.1. The lowest BCUT2D eigenvalue weighted by Crippen LogP contribution is -2.31. The average molecular weight is 358 g/mol. The van der Waals surface area contributed by atoms with E-state index in [0.29, 0.717) is 17.0 Å². The number of aromatic nitrogens is 4. The third-order valence-electron chi connectivity index (χ3n) is 4.17. The van der Waals surface area contributed by atoms with Crippen molar-refractivity contribution in [1.29, 1.82) is 0 Å². The summed E-state index contributed by atoms with van der Waals surface area (Å²) in [5, 5.41) is 28.2. The molecule has 0 bridgehead atoms. The molecule has 2 aromatic heterocycles. The van der Waals surface area contributed by atoms with Crippen LogP contribution in [0.2, 0.25) is 0 Å². The smallest absolute Gasteiger partial charge is 0.333 e. The molecule has 1 aliphatic rings. The van der Waals surface area contributed by atoms with Gasteiger partial charge in [-0.15, -0.1) is 0 Å². The molecule has 2 aromatic rings. The van der Waals surface area contributed by atoms with E-state index in [4.69, 9.17) is 5.14 Å². The molecule has 4 atom stereocenters. The van der Waals surface area contributed by atoms with Gasteiger partial charge in [-0.05, 0) is 6.42 Å². The van der Waals surface area contributed by atoms with E-state index in [-0.39, 0.29) is 13.0 Å². The number of nitrogens with zero attached hydrogens (tertiary/aromatic N) is 4. The number of nitrogens with two attached hydrogens (primary N) is 1. The maximum Gasteiger partial charge on any atom is 0.333 e. The van der Waals surface area contributed by atoms with Crippen LogP contribution in [0.1, 0.15) is 12.5 Å². The van der Waals surface area contributed by atoms with Gasteiger partial charge in [-0.2, -0.15) is 8.42 Å². The molecule has 0 radical (unpaired) electrons. The normalized spacial score (nSPS) is 27.7. The molecule has 0 saturated heterocycles. The Hall–Kier alpha value is -1.86. The molecule has 0 amide bonds. The predicted octanol–water partition coefficient (Wildman–Crippen LogP) is -1.63. The summed E-state index contributed by atoms with van der Waals surface area (Å²) in [5.41, 5.74) is 1.03. The molecule has 1 saturated carbocycles. The molecule has 2 heterocycles. The van der Waals surface area contributed by atoms with E-state index >= 15 is 0 Å². The number of fused-ring (bicyclic) bond motifs is 1. The van der Waals surface area contributed by atoms with Crippen LogP contribution in [0.25, 0.3) is 11.2 Å². The number of aliphatic hydroxyl groups excluding tert-OH is 2. The maximum absolute atomic E-state index is 10.9. The van der Waals surface area contributed by atoms with Crippen LogP contribution in [-0.4, -0.2) is 64.0 Å². The minimum atomic E-state index is -4.11. The first-order valence-corrected chi connectivity index (χ1v) is 8.67. The molecule has 0 aromatic carbocycles. The van der Waals surface area contributed by atoms with Crippen molar-refractivity contribution in [2.24, 2.45) is 11.1 Å². The largest absolute Gasteiger partial charge is 0.390 e. The molecule has 3 rings (SSSR count). The van der Waals surface area contributed by atoms with Gasteiger partial charge in [-0.1, -0.05) is 0 Å². The Bertz CT molecular complexity index is 840. The highest BCUT2D eigenvalue weighted by Crippen LogP contribution is 2.37. The van der Waals surface area contributed by atoms with Crippen molar-refractivity contribution in [3.05, 3.63) is 12.7 Å². The van der Waals surface area contributed by atoms with Crippen LogP contribution < -0.4 is 10.5 Å². The van der Waals surface area contributed by atoms with E-state index in [2.05, 4.69) is 24.5 Å². The number of hydrogen-bond donors (Lipinski definition) is 4. The Balaban J connectivity index is 1.87. The van der Waals surface area contributed by atoms with E-state index < -0.39 is 34.5 Å². The van der Waals surface area contributed by atoms with Gasteiger partial charge in [-0.3, -0.25) is 4.18 Å². The van der Waals surface area contributed by atoms with Gasteiger partial charge < -0.3 is 20.1 Å². The molecule has 0 spiro atoms. The zero-order valence-electron chi connectivity index (χ0n) is 12.8. The summed E-state index contributed by atoms with van der Waals surface area (Å²) in [6, 6.07) is -0.529. The first-order chi connectivity index (χ1) is 11.3. The molecule has 11 nitrogen and oxygen atoms in total. The molecule has 0 unspecified atom stereocenters. The topological polar surface area (TPSA) is 165 Å². The highest BCUT2D eigenvalue weighted by atomic mass is 32.2. The van der Waals surface area contributed by atoms with Crippen molar-refractivity contribution in [3.63, 3.8) is 0 Å².